The third-order valence-electron chi connectivity index (χ3n) is 7.85. The fourth-order valence-electron chi connectivity index (χ4n) is 6.03. The molecule has 2 aliphatic heterocycles. The number of nitrogens with zero attached hydrogens (tertiary/aromatic N) is 3. The van der Waals surface area contributed by atoms with E-state index in [1.807, 2.05) is 4.90 Å². The number of esters is 1. The highest BCUT2D eigenvalue weighted by Crippen LogP contribution is 2.31. The summed E-state index contributed by atoms with van der Waals surface area (Å²) in [5, 5.41) is 0. The van der Waals surface area contributed by atoms with Gasteiger partial charge < -0.3 is 14.6 Å². The molecule has 2 saturated heterocycles. The molecule has 0 spiro atoms. The number of hydrogen-bond donors (Lipinski definition) is 1. The van der Waals surface area contributed by atoms with E-state index in [0.717, 1.165) is 13.1 Å². The number of rotatable bonds is 6. The second-order valence-electron chi connectivity index (χ2n) is 10.2. The predicted molar refractivity (Wildman–Crippen MR) is 133 cm³/mol. The van der Waals surface area contributed by atoms with Crippen molar-refractivity contribution in [3.8, 4) is 0 Å². The summed E-state index contributed by atoms with van der Waals surface area (Å²) in [7, 11) is -3.96. The molecule has 1 aromatic heterocycles. The first kappa shape index (κ1) is 26.2. The predicted octanol–water partition coefficient (Wildman–Crippen LogP) is 2.69. The molecule has 35 heavy (non-hydrogen) atoms. The normalized spacial score (nSPS) is 23.4. The van der Waals surface area contributed by atoms with Crippen LogP contribution in [0.1, 0.15) is 73.6 Å². The summed E-state index contributed by atoms with van der Waals surface area (Å²) in [5.41, 5.74) is 0.953. The van der Waals surface area contributed by atoms with Gasteiger partial charge in [-0.3, -0.25) is 9.69 Å². The van der Waals surface area contributed by atoms with E-state index in [1.54, 1.807) is 20.8 Å². The van der Waals surface area contributed by atoms with Gasteiger partial charge in [-0.2, -0.15) is 4.31 Å². The second-order valence-corrected chi connectivity index (χ2v) is 12.0. The minimum absolute atomic E-state index is 0.0253. The Kier molecular flexibility index (Phi) is 8.23. The summed E-state index contributed by atoms with van der Waals surface area (Å²) in [5.74, 6) is -0.944. The molecule has 3 aliphatic rings. The number of hydrogen-bond acceptors (Lipinski definition) is 6. The number of carbonyl (C=O) groups excluding carboxylic acids is 2. The molecular weight excluding hydrogens is 468 g/mol. The fraction of sp³-hybridized carbons (Fsp3) is 0.760. The van der Waals surface area contributed by atoms with Crippen molar-refractivity contribution in [1.82, 2.24) is 19.1 Å². The third-order valence-corrected chi connectivity index (χ3v) is 9.88. The summed E-state index contributed by atoms with van der Waals surface area (Å²) < 4.78 is 33.9. The maximum absolute atomic E-state index is 13.7. The largest absolute Gasteiger partial charge is 0.462 e. The summed E-state index contributed by atoms with van der Waals surface area (Å²) in [6, 6.07) is 0.651. The molecular formula is C25H40N4O5S. The van der Waals surface area contributed by atoms with Crippen LogP contribution in [0.15, 0.2) is 4.90 Å². The second kappa shape index (κ2) is 11.0. The van der Waals surface area contributed by atoms with Crippen molar-refractivity contribution in [1.29, 1.82) is 0 Å². The summed E-state index contributed by atoms with van der Waals surface area (Å²) in [6.45, 7) is 8.89. The van der Waals surface area contributed by atoms with E-state index in [0.29, 0.717) is 49.9 Å². The van der Waals surface area contributed by atoms with Crippen LogP contribution in [-0.2, 0) is 19.6 Å². The van der Waals surface area contributed by atoms with Crippen molar-refractivity contribution in [2.75, 3.05) is 45.9 Å². The van der Waals surface area contributed by atoms with Crippen LogP contribution < -0.4 is 0 Å². The number of aromatic amines is 1. The van der Waals surface area contributed by atoms with Crippen LogP contribution in [0.4, 0.5) is 0 Å². The molecule has 10 heteroatoms. The van der Waals surface area contributed by atoms with E-state index in [2.05, 4.69) is 9.88 Å². The van der Waals surface area contributed by atoms with E-state index >= 15 is 0 Å². The minimum atomic E-state index is -3.96. The van der Waals surface area contributed by atoms with Crippen LogP contribution in [0.5, 0.6) is 0 Å². The minimum Gasteiger partial charge on any atom is -0.462 e. The molecule has 1 atom stereocenters. The lowest BCUT2D eigenvalue weighted by molar-refractivity contribution is -0.138. The average Bonchev–Trinajstić information content (AvgIpc) is 3.18. The number of H-pyrrole nitrogens is 1. The summed E-state index contributed by atoms with van der Waals surface area (Å²) in [6.07, 6.45) is 7.75. The van der Waals surface area contributed by atoms with E-state index in [4.69, 9.17) is 4.74 Å². The van der Waals surface area contributed by atoms with Gasteiger partial charge in [0.1, 0.15) is 10.5 Å². The molecule has 1 aliphatic carbocycles. The van der Waals surface area contributed by atoms with Crippen molar-refractivity contribution in [3.63, 3.8) is 0 Å². The van der Waals surface area contributed by atoms with Crippen molar-refractivity contribution >= 4 is 21.9 Å². The van der Waals surface area contributed by atoms with Crippen molar-refractivity contribution in [2.24, 2.45) is 5.92 Å². The number of carbonyl (C=O) groups is 2. The van der Waals surface area contributed by atoms with Gasteiger partial charge in [0.15, 0.2) is 0 Å². The van der Waals surface area contributed by atoms with Crippen LogP contribution in [0, 0.1) is 19.8 Å². The molecule has 0 unspecified atom stereocenters. The Balaban J connectivity index is 1.44. The Hall–Kier alpha value is -1.91. The third kappa shape index (κ3) is 5.44. The number of sulfonamides is 1. The number of amides is 1. The zero-order valence-electron chi connectivity index (χ0n) is 21.3. The highest BCUT2D eigenvalue weighted by atomic mass is 32.2. The molecule has 3 fully saturated rings. The summed E-state index contributed by atoms with van der Waals surface area (Å²) in [4.78, 5) is 33.4. The molecule has 3 heterocycles. The van der Waals surface area contributed by atoms with Gasteiger partial charge in [-0.15, -0.1) is 0 Å². The van der Waals surface area contributed by atoms with Crippen LogP contribution >= 0.6 is 0 Å². The van der Waals surface area contributed by atoms with Crippen molar-refractivity contribution in [2.45, 2.75) is 76.7 Å². The zero-order chi connectivity index (χ0) is 25.2. The van der Waals surface area contributed by atoms with Gasteiger partial charge in [0, 0.05) is 56.7 Å². The lowest BCUT2D eigenvalue weighted by Crippen LogP contribution is -2.55. The quantitative estimate of drug-likeness (QED) is 0.593. The number of aromatic nitrogens is 1. The van der Waals surface area contributed by atoms with Gasteiger partial charge in [0.2, 0.25) is 15.9 Å². The number of nitrogens with one attached hydrogen (secondary N) is 1. The van der Waals surface area contributed by atoms with Crippen LogP contribution in [0.2, 0.25) is 0 Å². The maximum Gasteiger partial charge on any atom is 0.341 e. The first-order valence-corrected chi connectivity index (χ1v) is 14.6. The molecule has 1 amide bonds. The first-order chi connectivity index (χ1) is 16.7. The average molecular weight is 509 g/mol. The summed E-state index contributed by atoms with van der Waals surface area (Å²) >= 11 is 0. The molecule has 1 aromatic rings. The van der Waals surface area contributed by atoms with Crippen LogP contribution in [0.25, 0.3) is 0 Å². The lowest BCUT2D eigenvalue weighted by Gasteiger charge is -2.42. The van der Waals surface area contributed by atoms with Gasteiger partial charge in [0.25, 0.3) is 0 Å². The maximum atomic E-state index is 13.7. The number of aryl methyl sites for hydroxylation is 2. The van der Waals surface area contributed by atoms with Crippen molar-refractivity contribution in [3.05, 3.63) is 17.0 Å². The molecule has 4 rings (SSSR count). The van der Waals surface area contributed by atoms with Gasteiger partial charge in [-0.25, -0.2) is 13.2 Å². The Morgan fingerprint density at radius 3 is 2.29 bits per heavy atom. The zero-order valence-corrected chi connectivity index (χ0v) is 22.2. The molecule has 0 aromatic carbocycles. The molecule has 1 saturated carbocycles. The van der Waals surface area contributed by atoms with E-state index in [9.17, 15) is 18.0 Å². The Labute approximate surface area is 209 Å². The van der Waals surface area contributed by atoms with E-state index < -0.39 is 16.0 Å². The number of ether oxygens (including phenoxy) is 1. The number of piperazine rings is 1. The molecule has 0 bridgehead atoms. The van der Waals surface area contributed by atoms with Crippen LogP contribution in [0.3, 0.4) is 0 Å². The first-order valence-electron chi connectivity index (χ1n) is 13.1. The molecule has 9 nitrogen and oxygen atoms in total. The molecule has 1 N–H and O–H groups in total. The van der Waals surface area contributed by atoms with Gasteiger partial charge in [0.05, 0.1) is 12.5 Å². The topological polar surface area (TPSA) is 103 Å². The number of piperidine rings is 1. The fourth-order valence-corrected chi connectivity index (χ4v) is 7.97. The SMILES string of the molecule is CCOC(=O)c1c(C)[nH]c(C)c1S(=O)(=O)N1CCC[C@H](C(=O)N2CCN(C3CCCCC3)CC2)C1. The van der Waals surface area contributed by atoms with Gasteiger partial charge >= 0.3 is 5.97 Å². The Bertz CT molecular complexity index is 1020. The van der Waals surface area contributed by atoms with Gasteiger partial charge in [-0.05, 0) is 46.5 Å². The van der Waals surface area contributed by atoms with Crippen molar-refractivity contribution < 1.29 is 22.7 Å². The monoisotopic (exact) mass is 508 g/mol. The Morgan fingerprint density at radius 1 is 0.943 bits per heavy atom. The Morgan fingerprint density at radius 2 is 1.63 bits per heavy atom. The van der Waals surface area contributed by atoms with E-state index in [1.165, 1.54) is 36.4 Å². The molecule has 0 radical (unpaired) electrons. The van der Waals surface area contributed by atoms with Crippen LogP contribution in [-0.4, -0.2) is 91.3 Å². The van der Waals surface area contributed by atoms with Gasteiger partial charge in [-0.1, -0.05) is 19.3 Å². The lowest BCUT2D eigenvalue weighted by atomic mass is 9.93. The smallest absolute Gasteiger partial charge is 0.341 e. The molecule has 196 valence electrons. The standard InChI is InChI=1S/C25H40N4O5S/c1-4-34-25(31)22-18(2)26-19(3)23(22)35(32,33)29-12-8-9-20(17-29)24(30)28-15-13-27(14-16-28)21-10-6-5-7-11-21/h20-21,26H,4-17H2,1-3H3/t20-/m0/s1. The van der Waals surface area contributed by atoms with E-state index in [-0.39, 0.29) is 35.4 Å². The highest BCUT2D eigenvalue weighted by Gasteiger charge is 2.39. The highest BCUT2D eigenvalue weighted by molar-refractivity contribution is 7.89.